The molecule has 4 rings (SSSR count). The second kappa shape index (κ2) is 7.31. The highest BCUT2D eigenvalue weighted by Gasteiger charge is 2.64. The first kappa shape index (κ1) is 19.7. The molecule has 8 heteroatoms. The molecule has 4 atom stereocenters. The van der Waals surface area contributed by atoms with E-state index in [1.165, 1.54) is 0 Å². The topological polar surface area (TPSA) is 84.9 Å². The van der Waals surface area contributed by atoms with Crippen LogP contribution in [0.2, 0.25) is 0 Å². The summed E-state index contributed by atoms with van der Waals surface area (Å²) in [7, 11) is -3.22. The first-order chi connectivity index (χ1) is 13.3. The van der Waals surface area contributed by atoms with E-state index in [1.54, 1.807) is 11.2 Å². The average Bonchev–Trinajstić information content (AvgIpc) is 3.34. The minimum atomic E-state index is -3.22. The molecular formula is C20H28N2O5S. The number of fused-ring (bicyclic) bond motifs is 1. The van der Waals surface area contributed by atoms with Gasteiger partial charge in [0.1, 0.15) is 5.75 Å². The highest BCUT2D eigenvalue weighted by molar-refractivity contribution is 7.89. The van der Waals surface area contributed by atoms with Crippen molar-refractivity contribution in [2.45, 2.75) is 38.4 Å². The number of ether oxygens (including phenoxy) is 2. The lowest BCUT2D eigenvalue weighted by Crippen LogP contribution is -2.42. The van der Waals surface area contributed by atoms with Crippen LogP contribution in [-0.4, -0.2) is 62.3 Å². The fraction of sp³-hybridized carbons (Fsp3) is 0.650. The molecular weight excluding hydrogens is 380 g/mol. The largest absolute Gasteiger partial charge is 0.484 e. The third kappa shape index (κ3) is 3.42. The zero-order valence-electron chi connectivity index (χ0n) is 16.4. The van der Waals surface area contributed by atoms with Gasteiger partial charge in [-0.05, 0) is 38.3 Å². The van der Waals surface area contributed by atoms with E-state index < -0.39 is 10.0 Å². The number of benzene rings is 1. The Balaban J connectivity index is 1.34. The number of para-hydroxylation sites is 1. The van der Waals surface area contributed by atoms with E-state index in [0.29, 0.717) is 25.4 Å². The van der Waals surface area contributed by atoms with Gasteiger partial charge in [-0.1, -0.05) is 18.2 Å². The zero-order chi connectivity index (χ0) is 19.9. The molecule has 3 fully saturated rings. The Kier molecular flexibility index (Phi) is 5.14. The number of hydrogen-bond donors (Lipinski definition) is 1. The maximum absolute atomic E-state index is 12.3. The molecule has 154 valence electrons. The van der Waals surface area contributed by atoms with E-state index in [2.05, 4.69) is 5.32 Å². The molecule has 1 spiro atoms. The van der Waals surface area contributed by atoms with Crippen LogP contribution < -0.4 is 10.1 Å². The molecule has 1 N–H and O–H groups in total. The molecule has 3 heterocycles. The van der Waals surface area contributed by atoms with E-state index in [0.717, 1.165) is 18.4 Å². The van der Waals surface area contributed by atoms with Crippen molar-refractivity contribution in [1.29, 1.82) is 0 Å². The van der Waals surface area contributed by atoms with Crippen molar-refractivity contribution in [2.75, 3.05) is 32.0 Å². The molecule has 2 bridgehead atoms. The number of nitrogens with one attached hydrogen (secondary N) is 1. The van der Waals surface area contributed by atoms with E-state index in [9.17, 15) is 13.2 Å². The molecule has 0 radical (unpaired) electrons. The summed E-state index contributed by atoms with van der Waals surface area (Å²) < 4.78 is 38.1. The third-order valence-electron chi connectivity index (χ3n) is 6.50. The minimum absolute atomic E-state index is 0.0325. The summed E-state index contributed by atoms with van der Waals surface area (Å²) in [5.74, 6) is 0.933. The standard InChI is InChI=1S/C20H28N2O5S/c1-3-28(24,25)22-11-16-15(18-8-9-20(16,13-22)27-18)10-21-19(23)12-26-17-7-5-4-6-14(17)2/h4-7,15-16,18H,3,8-13H2,1-2H3,(H,21,23)/t15-,16+,18+,20+/m0/s1. The number of amides is 1. The van der Waals surface area contributed by atoms with Crippen LogP contribution in [-0.2, 0) is 19.6 Å². The molecule has 3 aliphatic heterocycles. The van der Waals surface area contributed by atoms with Crippen molar-refractivity contribution in [3.05, 3.63) is 29.8 Å². The van der Waals surface area contributed by atoms with Crippen molar-refractivity contribution < 1.29 is 22.7 Å². The monoisotopic (exact) mass is 408 g/mol. The van der Waals surface area contributed by atoms with E-state index in [-0.39, 0.29) is 41.8 Å². The average molecular weight is 409 g/mol. The van der Waals surface area contributed by atoms with Gasteiger partial charge in [-0.2, -0.15) is 4.31 Å². The van der Waals surface area contributed by atoms with Crippen LogP contribution in [0.1, 0.15) is 25.3 Å². The fourth-order valence-electron chi connectivity index (χ4n) is 4.96. The van der Waals surface area contributed by atoms with Crippen LogP contribution in [0.4, 0.5) is 0 Å². The van der Waals surface area contributed by atoms with Crippen LogP contribution in [0, 0.1) is 18.8 Å². The second-order valence-corrected chi connectivity index (χ2v) is 10.3. The zero-order valence-corrected chi connectivity index (χ0v) is 17.2. The molecule has 1 aromatic rings. The summed E-state index contributed by atoms with van der Waals surface area (Å²) in [6.45, 7) is 5.02. The van der Waals surface area contributed by atoms with Gasteiger partial charge in [0.25, 0.3) is 5.91 Å². The lowest BCUT2D eigenvalue weighted by molar-refractivity contribution is -0.123. The van der Waals surface area contributed by atoms with Crippen LogP contribution in [0.25, 0.3) is 0 Å². The Bertz CT molecular complexity index is 858. The molecule has 0 unspecified atom stereocenters. The van der Waals surface area contributed by atoms with Crippen molar-refractivity contribution in [3.63, 3.8) is 0 Å². The van der Waals surface area contributed by atoms with Crippen LogP contribution in [0.15, 0.2) is 24.3 Å². The van der Waals surface area contributed by atoms with Crippen molar-refractivity contribution >= 4 is 15.9 Å². The van der Waals surface area contributed by atoms with Crippen LogP contribution >= 0.6 is 0 Å². The summed E-state index contributed by atoms with van der Waals surface area (Å²) >= 11 is 0. The summed E-state index contributed by atoms with van der Waals surface area (Å²) in [4.78, 5) is 12.3. The Morgan fingerprint density at radius 1 is 1.39 bits per heavy atom. The summed E-state index contributed by atoms with van der Waals surface area (Å²) in [5.41, 5.74) is 0.627. The molecule has 1 amide bonds. The highest BCUT2D eigenvalue weighted by Crippen LogP contribution is 2.55. The number of aryl methyl sites for hydroxylation is 1. The highest BCUT2D eigenvalue weighted by atomic mass is 32.2. The molecule has 28 heavy (non-hydrogen) atoms. The second-order valence-electron chi connectivity index (χ2n) is 8.08. The maximum Gasteiger partial charge on any atom is 0.257 e. The van der Waals surface area contributed by atoms with Gasteiger partial charge in [0.05, 0.1) is 17.5 Å². The predicted molar refractivity (Wildman–Crippen MR) is 105 cm³/mol. The Morgan fingerprint density at radius 3 is 2.93 bits per heavy atom. The third-order valence-corrected chi connectivity index (χ3v) is 8.29. The van der Waals surface area contributed by atoms with E-state index in [4.69, 9.17) is 9.47 Å². The van der Waals surface area contributed by atoms with Gasteiger partial charge in [0.2, 0.25) is 10.0 Å². The Hall–Kier alpha value is -1.64. The molecule has 7 nitrogen and oxygen atoms in total. The van der Waals surface area contributed by atoms with E-state index in [1.807, 2.05) is 31.2 Å². The minimum Gasteiger partial charge on any atom is -0.484 e. The van der Waals surface area contributed by atoms with Gasteiger partial charge in [-0.3, -0.25) is 4.79 Å². The summed E-state index contributed by atoms with van der Waals surface area (Å²) in [6.07, 6.45) is 1.93. The number of sulfonamides is 1. The quantitative estimate of drug-likeness (QED) is 0.736. The Morgan fingerprint density at radius 2 is 2.18 bits per heavy atom. The number of nitrogens with zero attached hydrogens (tertiary/aromatic N) is 1. The maximum atomic E-state index is 12.3. The van der Waals surface area contributed by atoms with Crippen molar-refractivity contribution in [2.24, 2.45) is 11.8 Å². The first-order valence-electron chi connectivity index (χ1n) is 9.95. The van der Waals surface area contributed by atoms with Gasteiger partial charge in [-0.25, -0.2) is 8.42 Å². The van der Waals surface area contributed by atoms with Crippen LogP contribution in [0.3, 0.4) is 0 Å². The van der Waals surface area contributed by atoms with Gasteiger partial charge < -0.3 is 14.8 Å². The molecule has 0 aromatic heterocycles. The summed E-state index contributed by atoms with van der Waals surface area (Å²) in [6, 6.07) is 7.59. The van der Waals surface area contributed by atoms with Crippen molar-refractivity contribution in [3.8, 4) is 5.75 Å². The molecule has 3 aliphatic rings. The number of carbonyl (C=O) groups is 1. The number of carbonyl (C=O) groups excluding carboxylic acids is 1. The van der Waals surface area contributed by atoms with Crippen molar-refractivity contribution in [1.82, 2.24) is 9.62 Å². The number of hydrogen-bond acceptors (Lipinski definition) is 5. The molecule has 0 saturated carbocycles. The SMILES string of the molecule is CCS(=O)(=O)N1C[C@@H]2[C@H](CNC(=O)COc3ccccc3C)[C@H]3CC[C@]2(C1)O3. The smallest absolute Gasteiger partial charge is 0.257 e. The van der Waals surface area contributed by atoms with Crippen LogP contribution in [0.5, 0.6) is 5.75 Å². The van der Waals surface area contributed by atoms with Gasteiger partial charge >= 0.3 is 0 Å². The molecule has 1 aromatic carbocycles. The van der Waals surface area contributed by atoms with Gasteiger partial charge in [-0.15, -0.1) is 0 Å². The summed E-state index contributed by atoms with van der Waals surface area (Å²) in [5, 5.41) is 2.96. The fourth-order valence-corrected chi connectivity index (χ4v) is 6.13. The Labute approximate surface area is 166 Å². The lowest BCUT2D eigenvalue weighted by Gasteiger charge is -2.29. The van der Waals surface area contributed by atoms with Gasteiger partial charge in [0, 0.05) is 31.5 Å². The normalized spacial score (nSPS) is 31.7. The lowest BCUT2D eigenvalue weighted by atomic mass is 9.73. The predicted octanol–water partition coefficient (Wildman–Crippen LogP) is 1.32. The molecule has 0 aliphatic carbocycles. The number of rotatable bonds is 7. The van der Waals surface area contributed by atoms with Gasteiger partial charge in [0.15, 0.2) is 6.61 Å². The first-order valence-corrected chi connectivity index (χ1v) is 11.6. The van der Waals surface area contributed by atoms with E-state index >= 15 is 0 Å². The molecule has 3 saturated heterocycles.